The van der Waals surface area contributed by atoms with Crippen molar-refractivity contribution >= 4 is 17.4 Å². The van der Waals surface area contributed by atoms with Gasteiger partial charge >= 0.3 is 0 Å². The maximum atomic E-state index is 12.2. The minimum absolute atomic E-state index is 0.0612. The normalized spacial score (nSPS) is 21.6. The van der Waals surface area contributed by atoms with Gasteiger partial charge in [-0.2, -0.15) is 5.26 Å². The van der Waals surface area contributed by atoms with Crippen LogP contribution in [0.15, 0.2) is 18.3 Å². The number of ether oxygens (including phenoxy) is 1. The van der Waals surface area contributed by atoms with Crippen LogP contribution in [0.3, 0.4) is 0 Å². The molecule has 7 nitrogen and oxygen atoms in total. The van der Waals surface area contributed by atoms with Gasteiger partial charge in [0.25, 0.3) is 0 Å². The van der Waals surface area contributed by atoms with Crippen LogP contribution in [0, 0.1) is 17.4 Å². The molecule has 3 heterocycles. The summed E-state index contributed by atoms with van der Waals surface area (Å²) in [6, 6.07) is 3.83. The van der Waals surface area contributed by atoms with Crippen molar-refractivity contribution < 1.29 is 9.53 Å². The highest BCUT2D eigenvalue weighted by Crippen LogP contribution is 2.22. The molecule has 1 unspecified atom stereocenters. The fourth-order valence-corrected chi connectivity index (χ4v) is 3.29. The zero-order chi connectivity index (χ0) is 16.9. The fraction of sp³-hybridized carbons (Fsp3) is 0.588. The van der Waals surface area contributed by atoms with Gasteiger partial charge in [0.15, 0.2) is 6.19 Å². The molecule has 0 saturated carbocycles. The molecule has 3 rings (SSSR count). The average Bonchev–Trinajstić information content (AvgIpc) is 3.12. The van der Waals surface area contributed by atoms with Crippen LogP contribution >= 0.6 is 0 Å². The zero-order valence-corrected chi connectivity index (χ0v) is 13.9. The minimum atomic E-state index is -0.140. The molecule has 1 aromatic rings. The van der Waals surface area contributed by atoms with Gasteiger partial charge < -0.3 is 19.9 Å². The Morgan fingerprint density at radius 2 is 2.12 bits per heavy atom. The molecule has 1 N–H and O–H groups in total. The first kappa shape index (κ1) is 16.5. The summed E-state index contributed by atoms with van der Waals surface area (Å²) < 4.78 is 5.39. The third-order valence-corrected chi connectivity index (χ3v) is 4.84. The SMILES string of the molecule is COC1CCN(c2ccc(NC(=O)C3CCN(C#N)C3)nc2)CC1. The third kappa shape index (κ3) is 3.77. The summed E-state index contributed by atoms with van der Waals surface area (Å²) in [6.45, 7) is 3.06. The van der Waals surface area contributed by atoms with E-state index in [1.54, 1.807) is 18.2 Å². The molecule has 2 aliphatic heterocycles. The van der Waals surface area contributed by atoms with E-state index in [0.717, 1.165) is 31.6 Å². The Balaban J connectivity index is 1.53. The molecule has 1 aromatic heterocycles. The van der Waals surface area contributed by atoms with Gasteiger partial charge in [-0.1, -0.05) is 0 Å². The summed E-state index contributed by atoms with van der Waals surface area (Å²) in [5.41, 5.74) is 1.07. The zero-order valence-electron chi connectivity index (χ0n) is 13.9. The number of methoxy groups -OCH3 is 1. The molecule has 0 radical (unpaired) electrons. The summed E-state index contributed by atoms with van der Waals surface area (Å²) in [6.07, 6.45) is 7.00. The van der Waals surface area contributed by atoms with E-state index in [9.17, 15) is 4.79 Å². The first-order valence-electron chi connectivity index (χ1n) is 8.39. The molecule has 0 aromatic carbocycles. The number of likely N-dealkylation sites (tertiary alicyclic amines) is 1. The number of nitrogens with zero attached hydrogens (tertiary/aromatic N) is 4. The number of rotatable bonds is 4. The molecule has 1 atom stereocenters. The molecule has 0 spiro atoms. The van der Waals surface area contributed by atoms with Crippen molar-refractivity contribution in [3.8, 4) is 6.19 Å². The molecule has 0 aliphatic carbocycles. The van der Waals surface area contributed by atoms with Gasteiger partial charge in [-0.25, -0.2) is 4.98 Å². The maximum Gasteiger partial charge on any atom is 0.230 e. The van der Waals surface area contributed by atoms with Gasteiger partial charge in [0, 0.05) is 33.3 Å². The van der Waals surface area contributed by atoms with Gasteiger partial charge in [-0.3, -0.25) is 4.79 Å². The number of pyridine rings is 1. The molecule has 2 fully saturated rings. The highest BCUT2D eigenvalue weighted by Gasteiger charge is 2.28. The second-order valence-corrected chi connectivity index (χ2v) is 6.34. The topological polar surface area (TPSA) is 81.5 Å². The van der Waals surface area contributed by atoms with E-state index in [2.05, 4.69) is 21.4 Å². The summed E-state index contributed by atoms with van der Waals surface area (Å²) in [5.74, 6) is 0.360. The van der Waals surface area contributed by atoms with Gasteiger partial charge in [-0.15, -0.1) is 0 Å². The number of amides is 1. The van der Waals surface area contributed by atoms with Crippen molar-refractivity contribution in [1.82, 2.24) is 9.88 Å². The van der Waals surface area contributed by atoms with Gasteiger partial charge in [0.2, 0.25) is 5.91 Å². The van der Waals surface area contributed by atoms with Crippen LogP contribution in [0.5, 0.6) is 0 Å². The average molecular weight is 329 g/mol. The number of hydrogen-bond donors (Lipinski definition) is 1. The van der Waals surface area contributed by atoms with Crippen molar-refractivity contribution in [3.63, 3.8) is 0 Å². The number of hydrogen-bond acceptors (Lipinski definition) is 6. The summed E-state index contributed by atoms with van der Waals surface area (Å²) in [7, 11) is 1.76. The van der Waals surface area contributed by atoms with E-state index in [-0.39, 0.29) is 11.8 Å². The molecule has 7 heteroatoms. The number of carbonyl (C=O) groups is 1. The minimum Gasteiger partial charge on any atom is -0.381 e. The maximum absolute atomic E-state index is 12.2. The van der Waals surface area contributed by atoms with Crippen LogP contribution in [0.1, 0.15) is 19.3 Å². The van der Waals surface area contributed by atoms with E-state index in [1.165, 1.54) is 0 Å². The van der Waals surface area contributed by atoms with Crippen molar-refractivity contribution in [2.45, 2.75) is 25.4 Å². The first-order valence-corrected chi connectivity index (χ1v) is 8.39. The lowest BCUT2D eigenvalue weighted by Gasteiger charge is -2.32. The van der Waals surface area contributed by atoms with Crippen LogP contribution in [-0.4, -0.2) is 55.2 Å². The van der Waals surface area contributed by atoms with E-state index in [0.29, 0.717) is 31.4 Å². The molecule has 2 aliphatic rings. The van der Waals surface area contributed by atoms with Crippen molar-refractivity contribution in [3.05, 3.63) is 18.3 Å². The molecule has 0 bridgehead atoms. The van der Waals surface area contributed by atoms with Crippen LogP contribution in [0.4, 0.5) is 11.5 Å². The largest absolute Gasteiger partial charge is 0.381 e. The third-order valence-electron chi connectivity index (χ3n) is 4.84. The Labute approximate surface area is 142 Å². The lowest BCUT2D eigenvalue weighted by molar-refractivity contribution is -0.119. The van der Waals surface area contributed by atoms with Gasteiger partial charge in [0.05, 0.1) is 23.9 Å². The van der Waals surface area contributed by atoms with Crippen molar-refractivity contribution in [1.29, 1.82) is 5.26 Å². The van der Waals surface area contributed by atoms with Crippen LogP contribution < -0.4 is 10.2 Å². The summed E-state index contributed by atoms with van der Waals surface area (Å²) in [4.78, 5) is 20.5. The van der Waals surface area contributed by atoms with E-state index in [4.69, 9.17) is 10.00 Å². The number of carbonyl (C=O) groups excluding carboxylic acids is 1. The second kappa shape index (κ2) is 7.49. The molecular formula is C17H23N5O2. The Morgan fingerprint density at radius 1 is 1.33 bits per heavy atom. The van der Waals surface area contributed by atoms with E-state index < -0.39 is 0 Å². The van der Waals surface area contributed by atoms with E-state index in [1.807, 2.05) is 12.1 Å². The lowest BCUT2D eigenvalue weighted by atomic mass is 10.1. The number of anilines is 2. The van der Waals surface area contributed by atoms with Gasteiger partial charge in [0.1, 0.15) is 5.82 Å². The smallest absolute Gasteiger partial charge is 0.230 e. The van der Waals surface area contributed by atoms with E-state index >= 15 is 0 Å². The second-order valence-electron chi connectivity index (χ2n) is 6.34. The molecule has 1 amide bonds. The van der Waals surface area contributed by atoms with Crippen LogP contribution in [-0.2, 0) is 9.53 Å². The quantitative estimate of drug-likeness (QED) is 0.842. The van der Waals surface area contributed by atoms with Crippen molar-refractivity contribution in [2.75, 3.05) is 43.5 Å². The lowest BCUT2D eigenvalue weighted by Crippen LogP contribution is -2.36. The number of nitrogens with one attached hydrogen (secondary N) is 1. The van der Waals surface area contributed by atoms with Gasteiger partial charge in [-0.05, 0) is 31.4 Å². The molecule has 24 heavy (non-hydrogen) atoms. The fourth-order valence-electron chi connectivity index (χ4n) is 3.29. The molecular weight excluding hydrogens is 306 g/mol. The molecule has 2 saturated heterocycles. The van der Waals surface area contributed by atoms with Crippen molar-refractivity contribution in [2.24, 2.45) is 5.92 Å². The summed E-state index contributed by atoms with van der Waals surface area (Å²) in [5, 5.41) is 11.7. The monoisotopic (exact) mass is 329 g/mol. The standard InChI is InChI=1S/C17H23N5O2/c1-24-15-5-8-22(9-6-15)14-2-3-16(19-10-14)20-17(23)13-4-7-21(11-13)12-18/h2-3,10,13,15H,4-9,11H2,1H3,(H,19,20,23). The predicted molar refractivity (Wildman–Crippen MR) is 90.4 cm³/mol. The van der Waals surface area contributed by atoms with Crippen LogP contribution in [0.25, 0.3) is 0 Å². The first-order chi connectivity index (χ1) is 11.7. The number of aromatic nitrogens is 1. The number of piperidine rings is 1. The Morgan fingerprint density at radius 3 is 2.71 bits per heavy atom. The van der Waals surface area contributed by atoms with Crippen LogP contribution in [0.2, 0.25) is 0 Å². The molecule has 128 valence electrons. The Kier molecular flexibility index (Phi) is 5.16. The Hall–Kier alpha value is -2.33. The summed E-state index contributed by atoms with van der Waals surface area (Å²) >= 11 is 0. The highest BCUT2D eigenvalue weighted by molar-refractivity contribution is 5.92. The predicted octanol–water partition coefficient (Wildman–Crippen LogP) is 1.44. The number of nitriles is 1. The highest BCUT2D eigenvalue weighted by atomic mass is 16.5. The Bertz CT molecular complexity index is 604.